The van der Waals surface area contributed by atoms with Crippen LogP contribution in [0, 0.1) is 11.6 Å². The van der Waals surface area contributed by atoms with E-state index in [4.69, 9.17) is 10.8 Å². The molecule has 0 unspecified atom stereocenters. The Bertz CT molecular complexity index is 1740. The van der Waals surface area contributed by atoms with Gasteiger partial charge in [0.15, 0.2) is 0 Å². The van der Waals surface area contributed by atoms with E-state index in [2.05, 4.69) is 5.32 Å². The number of anilines is 1. The number of carbonyl (C=O) groups excluding carboxylic acids is 2. The molecule has 2 amide bonds. The molecule has 0 radical (unpaired) electrons. The van der Waals surface area contributed by atoms with Gasteiger partial charge in [-0.05, 0) is 73.0 Å². The average molecular weight is 656 g/mol. The number of benzene rings is 3. The van der Waals surface area contributed by atoms with Gasteiger partial charge >= 0.3 is 35.5 Å². The summed E-state index contributed by atoms with van der Waals surface area (Å²) in [5.74, 6) is -3.19. The number of aliphatic hydroxyl groups excluding tert-OH is 2. The van der Waals surface area contributed by atoms with Crippen molar-refractivity contribution in [3.8, 4) is 22.3 Å². The zero-order valence-electron chi connectivity index (χ0n) is 25.3. The summed E-state index contributed by atoms with van der Waals surface area (Å²) in [6.45, 7) is 3.70. The van der Waals surface area contributed by atoms with Crippen molar-refractivity contribution in [1.29, 1.82) is 0 Å². The molecule has 12 heteroatoms. The van der Waals surface area contributed by atoms with Gasteiger partial charge in [-0.3, -0.25) is 14.4 Å². The molecular formula is C35H36F2N3NaO6. The maximum absolute atomic E-state index is 14.2. The number of hydrogen-bond acceptors (Lipinski definition) is 5. The summed E-state index contributed by atoms with van der Waals surface area (Å²) in [6, 6.07) is 17.5. The van der Waals surface area contributed by atoms with E-state index in [1.165, 1.54) is 42.5 Å². The van der Waals surface area contributed by atoms with Crippen molar-refractivity contribution in [2.24, 2.45) is 5.73 Å². The Morgan fingerprint density at radius 1 is 0.872 bits per heavy atom. The molecule has 1 aromatic heterocycles. The molecule has 0 fully saturated rings. The van der Waals surface area contributed by atoms with Crippen LogP contribution in [0.1, 0.15) is 54.5 Å². The third kappa shape index (κ3) is 9.69. The number of nitrogens with zero attached hydrogens (tertiary/aromatic N) is 1. The molecule has 3 aromatic carbocycles. The van der Waals surface area contributed by atoms with Crippen molar-refractivity contribution in [3.05, 3.63) is 107 Å². The molecule has 6 N–H and O–H groups in total. The predicted octanol–water partition coefficient (Wildman–Crippen LogP) is 4.91. The zero-order valence-corrected chi connectivity index (χ0v) is 25.3. The van der Waals surface area contributed by atoms with E-state index in [0.29, 0.717) is 39.2 Å². The number of carboxylic acids is 1. The summed E-state index contributed by atoms with van der Waals surface area (Å²) in [7, 11) is 0. The Balaban J connectivity index is 0.00000600. The van der Waals surface area contributed by atoms with Gasteiger partial charge in [-0.1, -0.05) is 42.5 Å². The Kier molecular flexibility index (Phi) is 13.2. The second-order valence-corrected chi connectivity index (χ2v) is 11.2. The van der Waals surface area contributed by atoms with E-state index in [-0.39, 0.29) is 54.1 Å². The Morgan fingerprint density at radius 3 is 1.89 bits per heavy atom. The first-order valence-electron chi connectivity index (χ1n) is 14.6. The molecule has 0 aliphatic rings. The second-order valence-electron chi connectivity index (χ2n) is 11.2. The summed E-state index contributed by atoms with van der Waals surface area (Å²) < 4.78 is 29.9. The standard InChI is InChI=1S/C35H35F2N3O6.Na.H/c1-20(2)40-29(16-15-27(41)18-28(42)19-31(44)45)32(22-5-9-24(36)10-6-22)33(23-7-11-25(37)12-8-23)34(40)35(46)39-26-13-3-21(4-14-26)17-30(38)43;;/h3-16,20,27-28,41-42H,17-19H2,1-2H3,(H2,38,43)(H,39,46)(H,44,45);;/t27-,28-;;/m1../s1. The molecule has 4 rings (SSSR count). The van der Waals surface area contributed by atoms with Crippen molar-refractivity contribution < 1.29 is 38.5 Å². The second kappa shape index (κ2) is 16.6. The SMILES string of the molecule is CC(C)n1c(C=C[C@@H](O)C[C@@H](O)CC(=O)O)c(-c2ccc(F)cc2)c(-c2ccc(F)cc2)c1C(=O)Nc1ccc(CC(N)=O)cc1.[NaH]. The number of carbonyl (C=O) groups is 3. The van der Waals surface area contributed by atoms with Crippen molar-refractivity contribution in [2.75, 3.05) is 5.32 Å². The molecule has 0 saturated carbocycles. The summed E-state index contributed by atoms with van der Waals surface area (Å²) in [4.78, 5) is 36.5. The maximum atomic E-state index is 14.2. The van der Waals surface area contributed by atoms with Gasteiger partial charge in [0.05, 0.1) is 25.0 Å². The van der Waals surface area contributed by atoms with Gasteiger partial charge in [0.2, 0.25) is 5.91 Å². The fourth-order valence-electron chi connectivity index (χ4n) is 5.28. The molecule has 0 aliphatic carbocycles. The minimum atomic E-state index is -1.30. The van der Waals surface area contributed by atoms with Crippen LogP contribution in [0.2, 0.25) is 0 Å². The van der Waals surface area contributed by atoms with Crippen LogP contribution in [-0.4, -0.2) is 79.4 Å². The van der Waals surface area contributed by atoms with E-state index in [1.54, 1.807) is 47.0 Å². The van der Waals surface area contributed by atoms with Gasteiger partial charge in [-0.2, -0.15) is 0 Å². The van der Waals surface area contributed by atoms with Gasteiger partial charge in [-0.15, -0.1) is 0 Å². The van der Waals surface area contributed by atoms with Crippen LogP contribution in [0.4, 0.5) is 14.5 Å². The van der Waals surface area contributed by atoms with Gasteiger partial charge in [0.25, 0.3) is 5.91 Å². The minimum absolute atomic E-state index is 0. The molecule has 0 spiro atoms. The van der Waals surface area contributed by atoms with E-state index in [1.807, 2.05) is 13.8 Å². The third-order valence-corrected chi connectivity index (χ3v) is 7.23. The molecular weight excluding hydrogens is 619 g/mol. The van der Waals surface area contributed by atoms with Crippen molar-refractivity contribution in [2.45, 2.75) is 51.4 Å². The third-order valence-electron chi connectivity index (χ3n) is 7.23. The first kappa shape index (κ1) is 37.3. The number of carboxylic acid groups (broad SMARTS) is 1. The summed E-state index contributed by atoms with van der Waals surface area (Å²) in [5.41, 5.74) is 8.99. The van der Waals surface area contributed by atoms with Crippen LogP contribution in [0.15, 0.2) is 78.9 Å². The summed E-state index contributed by atoms with van der Waals surface area (Å²) in [5, 5.41) is 32.6. The molecule has 0 aliphatic heterocycles. The molecule has 242 valence electrons. The van der Waals surface area contributed by atoms with E-state index < -0.39 is 48.0 Å². The van der Waals surface area contributed by atoms with Crippen molar-refractivity contribution in [3.63, 3.8) is 0 Å². The van der Waals surface area contributed by atoms with E-state index in [9.17, 15) is 33.4 Å². The van der Waals surface area contributed by atoms with Crippen LogP contribution in [0.5, 0.6) is 0 Å². The van der Waals surface area contributed by atoms with Gasteiger partial charge in [0.1, 0.15) is 17.3 Å². The number of amides is 2. The molecule has 47 heavy (non-hydrogen) atoms. The van der Waals surface area contributed by atoms with Crippen LogP contribution >= 0.6 is 0 Å². The zero-order chi connectivity index (χ0) is 33.5. The number of hydrogen-bond donors (Lipinski definition) is 5. The number of nitrogens with one attached hydrogen (secondary N) is 1. The van der Waals surface area contributed by atoms with Crippen LogP contribution in [0.3, 0.4) is 0 Å². The Morgan fingerprint density at radius 2 is 1.40 bits per heavy atom. The fraction of sp³-hybridized carbons (Fsp3) is 0.229. The Hall–Kier alpha value is -4.13. The van der Waals surface area contributed by atoms with E-state index in [0.717, 1.165) is 0 Å². The number of rotatable bonds is 13. The molecule has 0 saturated heterocycles. The average Bonchev–Trinajstić information content (AvgIpc) is 3.32. The van der Waals surface area contributed by atoms with Crippen molar-refractivity contribution in [1.82, 2.24) is 4.57 Å². The molecule has 9 nitrogen and oxygen atoms in total. The fourth-order valence-corrected chi connectivity index (χ4v) is 5.28. The number of primary amides is 1. The Labute approximate surface area is 293 Å². The number of aliphatic hydroxyl groups is 2. The number of nitrogens with two attached hydrogens (primary N) is 1. The molecule has 2 atom stereocenters. The van der Waals surface area contributed by atoms with Gasteiger partial charge in [0, 0.05) is 35.0 Å². The van der Waals surface area contributed by atoms with Gasteiger partial charge < -0.3 is 30.9 Å². The quantitative estimate of drug-likeness (QED) is 0.129. The van der Waals surface area contributed by atoms with Gasteiger partial charge in [-0.25, -0.2) is 8.78 Å². The molecule has 4 aromatic rings. The normalized spacial score (nSPS) is 12.5. The van der Waals surface area contributed by atoms with E-state index >= 15 is 0 Å². The van der Waals surface area contributed by atoms with Crippen LogP contribution < -0.4 is 11.1 Å². The number of halogens is 2. The molecule has 0 bridgehead atoms. The first-order valence-corrected chi connectivity index (χ1v) is 14.6. The van der Waals surface area contributed by atoms with Crippen LogP contribution in [-0.2, 0) is 16.0 Å². The van der Waals surface area contributed by atoms with Crippen LogP contribution in [0.25, 0.3) is 28.3 Å². The number of aromatic nitrogens is 1. The summed E-state index contributed by atoms with van der Waals surface area (Å²) in [6.07, 6.45) is -0.335. The molecule has 1 heterocycles. The first-order chi connectivity index (χ1) is 21.8. The number of aliphatic carboxylic acids is 1. The summed E-state index contributed by atoms with van der Waals surface area (Å²) >= 11 is 0. The monoisotopic (exact) mass is 655 g/mol. The van der Waals surface area contributed by atoms with Crippen molar-refractivity contribution >= 4 is 59.1 Å². The predicted molar refractivity (Wildman–Crippen MR) is 178 cm³/mol. The topological polar surface area (TPSA) is 155 Å².